The molecular formula is C17H24N2O3S2. The normalized spacial score (nSPS) is 18.5. The molecule has 1 heterocycles. The fourth-order valence-electron chi connectivity index (χ4n) is 3.08. The van der Waals surface area contributed by atoms with Gasteiger partial charge in [0.25, 0.3) is 10.0 Å². The Morgan fingerprint density at radius 3 is 2.12 bits per heavy atom. The van der Waals surface area contributed by atoms with Crippen LogP contribution in [0.5, 0.6) is 0 Å². The molecule has 1 N–H and O–H groups in total. The number of hydrogen-bond donors (Lipinski definition) is 1. The lowest BCUT2D eigenvalue weighted by molar-refractivity contribution is -0.121. The lowest BCUT2D eigenvalue weighted by Gasteiger charge is -2.26. The molecule has 0 radical (unpaired) electrons. The predicted molar refractivity (Wildman–Crippen MR) is 98.4 cm³/mol. The van der Waals surface area contributed by atoms with E-state index in [0.717, 1.165) is 15.4 Å². The molecule has 24 heavy (non-hydrogen) atoms. The van der Waals surface area contributed by atoms with Crippen LogP contribution in [-0.4, -0.2) is 29.8 Å². The van der Waals surface area contributed by atoms with Crippen LogP contribution in [0.2, 0.25) is 0 Å². The highest BCUT2D eigenvalue weighted by atomic mass is 32.2. The van der Waals surface area contributed by atoms with Gasteiger partial charge >= 0.3 is 0 Å². The van der Waals surface area contributed by atoms with Gasteiger partial charge in [0.1, 0.15) is 6.04 Å². The van der Waals surface area contributed by atoms with Gasteiger partial charge in [-0.25, -0.2) is 12.7 Å². The molecule has 0 spiro atoms. The summed E-state index contributed by atoms with van der Waals surface area (Å²) in [5.41, 5.74) is 3.20. The van der Waals surface area contributed by atoms with Crippen molar-refractivity contribution in [3.63, 3.8) is 0 Å². The Hall–Kier alpha value is -1.47. The number of thiocarbonyl (C=S) groups is 1. The molecule has 132 valence electrons. The molecule has 0 bridgehead atoms. The second-order valence-electron chi connectivity index (χ2n) is 6.83. The number of sulfonamides is 1. The topological polar surface area (TPSA) is 66.5 Å². The first-order valence-corrected chi connectivity index (χ1v) is 9.80. The molecule has 1 aromatic rings. The van der Waals surface area contributed by atoms with E-state index >= 15 is 0 Å². The molecule has 5 nitrogen and oxygen atoms in total. The first-order chi connectivity index (χ1) is 11.0. The predicted octanol–water partition coefficient (Wildman–Crippen LogP) is 2.74. The van der Waals surface area contributed by atoms with Gasteiger partial charge in [-0.15, -0.1) is 0 Å². The molecule has 1 aromatic carbocycles. The number of carbonyl (C=O) groups excluding carboxylic acids is 1. The Morgan fingerprint density at radius 1 is 1.17 bits per heavy atom. The van der Waals surface area contributed by atoms with Gasteiger partial charge in [0.2, 0.25) is 5.91 Å². The summed E-state index contributed by atoms with van der Waals surface area (Å²) in [4.78, 5) is 12.5. The number of rotatable bonds is 4. The summed E-state index contributed by atoms with van der Waals surface area (Å²) < 4.78 is 27.8. The number of benzene rings is 1. The molecule has 0 unspecified atom stereocenters. The van der Waals surface area contributed by atoms with E-state index in [-0.39, 0.29) is 21.8 Å². The minimum absolute atomic E-state index is 0.0383. The van der Waals surface area contributed by atoms with Crippen LogP contribution in [0.1, 0.15) is 42.5 Å². The molecule has 7 heteroatoms. The minimum Gasteiger partial charge on any atom is -0.300 e. The van der Waals surface area contributed by atoms with Crippen LogP contribution < -0.4 is 5.32 Å². The lowest BCUT2D eigenvalue weighted by atomic mass is 10.0. The summed E-state index contributed by atoms with van der Waals surface area (Å²) in [6.45, 7) is 11.3. The van der Waals surface area contributed by atoms with E-state index in [4.69, 9.17) is 12.2 Å². The third kappa shape index (κ3) is 3.07. The van der Waals surface area contributed by atoms with Crippen LogP contribution in [0.25, 0.3) is 0 Å². The van der Waals surface area contributed by atoms with E-state index in [1.165, 1.54) is 0 Å². The maximum atomic E-state index is 13.4. The van der Waals surface area contributed by atoms with Crippen molar-refractivity contribution in [2.24, 2.45) is 5.92 Å². The molecule has 1 aliphatic heterocycles. The highest BCUT2D eigenvalue weighted by Gasteiger charge is 2.45. The van der Waals surface area contributed by atoms with Crippen LogP contribution >= 0.6 is 12.2 Å². The smallest absolute Gasteiger partial charge is 0.267 e. The summed E-state index contributed by atoms with van der Waals surface area (Å²) in [6.07, 6.45) is 0.425. The number of aryl methyl sites for hydroxylation is 2. The van der Waals surface area contributed by atoms with Crippen molar-refractivity contribution in [2.75, 3.05) is 0 Å². The van der Waals surface area contributed by atoms with Crippen LogP contribution in [0.3, 0.4) is 0 Å². The van der Waals surface area contributed by atoms with Gasteiger partial charge in [-0.3, -0.25) is 4.79 Å². The van der Waals surface area contributed by atoms with Gasteiger partial charge in [0.05, 0.1) is 4.90 Å². The van der Waals surface area contributed by atoms with E-state index in [9.17, 15) is 13.2 Å². The Bertz CT molecular complexity index is 787. The zero-order chi connectivity index (χ0) is 18.4. The number of nitrogens with one attached hydrogen (secondary N) is 1. The summed E-state index contributed by atoms with van der Waals surface area (Å²) in [7, 11) is -3.91. The summed E-state index contributed by atoms with van der Waals surface area (Å²) >= 11 is 5.16. The standard InChI is InChI=1S/C17H24N2O3S2/c1-9(2)7-14-16(20)18-17(23)19(14)24(21,22)15-12(5)10(3)8-11(4)13(15)6/h8-9,14H,7H2,1-6H3,(H,18,20,23)/t14-/m0/s1. The van der Waals surface area contributed by atoms with Crippen molar-refractivity contribution in [2.45, 2.75) is 58.9 Å². The first kappa shape index (κ1) is 18.9. The van der Waals surface area contributed by atoms with Gasteiger partial charge in [-0.1, -0.05) is 19.9 Å². The highest BCUT2D eigenvalue weighted by Crippen LogP contribution is 2.32. The zero-order valence-electron chi connectivity index (χ0n) is 14.9. The fraction of sp³-hybridized carbons (Fsp3) is 0.529. The molecule has 2 rings (SSSR count). The second-order valence-corrected chi connectivity index (χ2v) is 8.97. The van der Waals surface area contributed by atoms with Crippen LogP contribution in [-0.2, 0) is 14.8 Å². The molecule has 0 aromatic heterocycles. The molecule has 1 aliphatic rings. The number of nitrogens with zero attached hydrogens (tertiary/aromatic N) is 1. The van der Waals surface area contributed by atoms with Gasteiger partial charge in [0.15, 0.2) is 5.11 Å². The van der Waals surface area contributed by atoms with E-state index < -0.39 is 16.1 Å². The van der Waals surface area contributed by atoms with Crippen LogP contribution in [0.15, 0.2) is 11.0 Å². The summed E-state index contributed by atoms with van der Waals surface area (Å²) in [5, 5.41) is 2.47. The van der Waals surface area contributed by atoms with Crippen molar-refractivity contribution in [1.29, 1.82) is 0 Å². The second kappa shape index (κ2) is 6.44. The van der Waals surface area contributed by atoms with Crippen molar-refractivity contribution in [3.05, 3.63) is 28.3 Å². The van der Waals surface area contributed by atoms with Crippen LogP contribution in [0, 0.1) is 33.6 Å². The summed E-state index contributed by atoms with van der Waals surface area (Å²) in [6, 6.07) is 1.18. The van der Waals surface area contributed by atoms with Crippen LogP contribution in [0.4, 0.5) is 0 Å². The molecular weight excluding hydrogens is 344 g/mol. The monoisotopic (exact) mass is 368 g/mol. The molecule has 1 amide bonds. The number of hydrogen-bond acceptors (Lipinski definition) is 4. The average Bonchev–Trinajstić information content (AvgIpc) is 2.70. The van der Waals surface area contributed by atoms with Gasteiger partial charge in [-0.2, -0.15) is 0 Å². The largest absolute Gasteiger partial charge is 0.300 e. The van der Waals surface area contributed by atoms with Crippen molar-refractivity contribution in [1.82, 2.24) is 9.62 Å². The van der Waals surface area contributed by atoms with Crippen molar-refractivity contribution in [3.8, 4) is 0 Å². The number of carbonyl (C=O) groups is 1. The Kier molecular flexibility index (Phi) is 5.06. The van der Waals surface area contributed by atoms with E-state index in [1.807, 2.05) is 33.8 Å². The highest BCUT2D eigenvalue weighted by molar-refractivity contribution is 7.91. The van der Waals surface area contributed by atoms with Crippen molar-refractivity contribution >= 4 is 33.3 Å². The van der Waals surface area contributed by atoms with E-state index in [1.54, 1.807) is 13.8 Å². The van der Waals surface area contributed by atoms with Gasteiger partial charge < -0.3 is 5.32 Å². The van der Waals surface area contributed by atoms with Gasteiger partial charge in [0, 0.05) is 0 Å². The Labute approximate surface area is 149 Å². The average molecular weight is 369 g/mol. The third-order valence-corrected chi connectivity index (χ3v) is 7.02. The molecule has 1 saturated heterocycles. The maximum absolute atomic E-state index is 13.4. The summed E-state index contributed by atoms with van der Waals surface area (Å²) in [5.74, 6) is -0.183. The Morgan fingerprint density at radius 2 is 1.67 bits per heavy atom. The zero-order valence-corrected chi connectivity index (χ0v) is 16.6. The minimum atomic E-state index is -3.91. The van der Waals surface area contributed by atoms with Gasteiger partial charge in [-0.05, 0) is 74.5 Å². The third-order valence-electron chi connectivity index (χ3n) is 4.52. The molecule has 0 saturated carbocycles. The van der Waals surface area contributed by atoms with Crippen molar-refractivity contribution < 1.29 is 13.2 Å². The molecule has 1 fully saturated rings. The van der Waals surface area contributed by atoms with E-state index in [2.05, 4.69) is 5.32 Å². The maximum Gasteiger partial charge on any atom is 0.267 e. The van der Waals surface area contributed by atoms with E-state index in [0.29, 0.717) is 17.5 Å². The Balaban J connectivity index is 2.66. The SMILES string of the molecule is Cc1cc(C)c(C)c(S(=O)(=O)N2C(=S)NC(=O)[C@@H]2CC(C)C)c1C. The molecule has 1 atom stereocenters. The molecule has 0 aliphatic carbocycles. The quantitative estimate of drug-likeness (QED) is 0.830. The first-order valence-electron chi connectivity index (χ1n) is 7.95. The fourth-order valence-corrected chi connectivity index (χ4v) is 5.68. The number of amides is 1. The lowest BCUT2D eigenvalue weighted by Crippen LogP contribution is -2.41.